The number of aromatic nitrogens is 1. The molecule has 18 heteroatoms. The fraction of sp³-hybridized carbons (Fsp3) is 0.375. The quantitative estimate of drug-likeness (QED) is 0.190. The van der Waals surface area contributed by atoms with Gasteiger partial charge in [0.05, 0.1) is 10.6 Å². The van der Waals surface area contributed by atoms with Crippen molar-refractivity contribution in [1.29, 1.82) is 0 Å². The van der Waals surface area contributed by atoms with Gasteiger partial charge < -0.3 is 29.3 Å². The van der Waals surface area contributed by atoms with E-state index in [-0.39, 0.29) is 21.4 Å². The van der Waals surface area contributed by atoms with E-state index < -0.39 is 59.8 Å². The lowest BCUT2D eigenvalue weighted by Gasteiger charge is -2.21. The molecule has 42 heavy (non-hydrogen) atoms. The van der Waals surface area contributed by atoms with Crippen LogP contribution < -0.4 is 10.6 Å². The number of hydrogen-bond donors (Lipinski definition) is 3. The molecule has 2 atom stereocenters. The van der Waals surface area contributed by atoms with Crippen LogP contribution in [0.4, 0.5) is 9.93 Å². The minimum absolute atomic E-state index is 0.0129. The second-order valence-electron chi connectivity index (χ2n) is 9.51. The normalized spacial score (nSPS) is 12.9. The number of rotatable bonds is 11. The topological polar surface area (TPSA) is 192 Å². The smallest absolute Gasteiger partial charge is 0.413 e. The van der Waals surface area contributed by atoms with Gasteiger partial charge in [-0.2, -0.15) is 0 Å². The number of benzene rings is 1. The van der Waals surface area contributed by atoms with Crippen molar-refractivity contribution < 1.29 is 48.0 Å². The van der Waals surface area contributed by atoms with Crippen LogP contribution in [0.15, 0.2) is 22.7 Å². The second-order valence-corrected chi connectivity index (χ2v) is 10.7. The summed E-state index contributed by atoms with van der Waals surface area (Å²) in [5, 5.41) is 19.1. The van der Waals surface area contributed by atoms with Crippen LogP contribution in [0, 0.1) is 13.8 Å². The average Bonchev–Trinajstić information content (AvgIpc) is 3.35. The summed E-state index contributed by atoms with van der Waals surface area (Å²) in [6.07, 6.45) is -3.39. The fourth-order valence-electron chi connectivity index (χ4n) is 3.10. The van der Waals surface area contributed by atoms with E-state index in [1.54, 1.807) is 40.7 Å². The van der Waals surface area contributed by atoms with E-state index in [1.807, 2.05) is 0 Å². The van der Waals surface area contributed by atoms with E-state index in [1.165, 1.54) is 11.4 Å². The van der Waals surface area contributed by atoms with Gasteiger partial charge in [0.1, 0.15) is 17.3 Å². The van der Waals surface area contributed by atoms with Crippen molar-refractivity contribution in [3.63, 3.8) is 0 Å². The number of nitrogens with one attached hydrogen (secondary N) is 2. The lowest BCUT2D eigenvalue weighted by Crippen LogP contribution is -2.45. The molecule has 0 aliphatic carbocycles. The van der Waals surface area contributed by atoms with Gasteiger partial charge in [-0.25, -0.2) is 19.4 Å². The monoisotopic (exact) mass is 618 g/mol. The number of nitrogens with zero attached hydrogens (tertiary/aromatic N) is 2. The van der Waals surface area contributed by atoms with Gasteiger partial charge in [-0.15, -0.1) is 11.3 Å². The van der Waals surface area contributed by atoms with Crippen LogP contribution in [0.2, 0.25) is 5.02 Å². The van der Waals surface area contributed by atoms with Gasteiger partial charge in [-0.1, -0.05) is 22.8 Å². The summed E-state index contributed by atoms with van der Waals surface area (Å²) >= 11 is 7.13. The molecule has 2 amide bonds. The molecule has 0 aliphatic heterocycles. The first-order valence-electron chi connectivity index (χ1n) is 11.9. The Bertz CT molecular complexity index is 1400. The number of carbonyl (C=O) groups is 5. The maximum atomic E-state index is 12.9. The zero-order chi connectivity index (χ0) is 31.8. The summed E-state index contributed by atoms with van der Waals surface area (Å²) in [6, 6.07) is 1.44. The number of hydrogen-bond acceptors (Lipinski definition) is 12. The third-order valence-corrected chi connectivity index (χ3v) is 6.51. The first kappa shape index (κ1) is 34.1. The molecule has 220 valence electrons. The molecule has 0 spiro atoms. The summed E-state index contributed by atoms with van der Waals surface area (Å²) in [4.78, 5) is 70.5. The van der Waals surface area contributed by atoms with E-state index in [0.717, 1.165) is 16.9 Å². The Balaban J connectivity index is 2.29. The molecule has 0 aliphatic rings. The van der Waals surface area contributed by atoms with Crippen LogP contribution in [0.3, 0.4) is 0 Å². The van der Waals surface area contributed by atoms with E-state index in [4.69, 9.17) is 37.3 Å². The highest BCUT2D eigenvalue weighted by molar-refractivity contribution is 7.14. The number of anilines is 1. The van der Waals surface area contributed by atoms with E-state index in [9.17, 15) is 29.1 Å². The maximum absolute atomic E-state index is 12.9. The minimum Gasteiger partial charge on any atom is -0.542 e. The van der Waals surface area contributed by atoms with Gasteiger partial charge in [-0.05, 0) is 51.8 Å². The van der Waals surface area contributed by atoms with Crippen molar-refractivity contribution in [3.8, 4) is 0 Å². The van der Waals surface area contributed by atoms with Crippen LogP contribution in [0.25, 0.3) is 0 Å². The van der Waals surface area contributed by atoms with Crippen molar-refractivity contribution in [2.45, 2.75) is 58.8 Å². The molecule has 0 fully saturated rings. The Kier molecular flexibility index (Phi) is 11.9. The molecule has 1 aromatic carbocycles. The molecule has 0 saturated heterocycles. The molecule has 0 bridgehead atoms. The number of halogens is 1. The van der Waals surface area contributed by atoms with Crippen LogP contribution in [0.5, 0.6) is 0 Å². The number of aryl methyl sites for hydroxylation is 1. The van der Waals surface area contributed by atoms with Crippen LogP contribution in [-0.2, 0) is 33.3 Å². The number of aliphatic carboxylic acids is 1. The van der Waals surface area contributed by atoms with E-state index in [2.05, 4.69) is 30.1 Å². The number of carboxylic acid groups (broad SMARTS) is 1. The van der Waals surface area contributed by atoms with Crippen LogP contribution in [0.1, 0.15) is 54.4 Å². The van der Waals surface area contributed by atoms with Crippen molar-refractivity contribution in [2.24, 2.45) is 5.16 Å². The van der Waals surface area contributed by atoms with Gasteiger partial charge in [0.15, 0.2) is 5.13 Å². The zero-order valence-electron chi connectivity index (χ0n) is 23.1. The zero-order valence-corrected chi connectivity index (χ0v) is 24.6. The third kappa shape index (κ3) is 9.48. The number of amides is 2. The lowest BCUT2D eigenvalue weighted by molar-refractivity contribution is -0.149. The van der Waals surface area contributed by atoms with E-state index >= 15 is 0 Å². The molecule has 2 aromatic rings. The molecule has 2 rings (SSSR count). The maximum Gasteiger partial charge on any atom is 0.413 e. The van der Waals surface area contributed by atoms with Crippen molar-refractivity contribution in [3.05, 3.63) is 44.9 Å². The summed E-state index contributed by atoms with van der Waals surface area (Å²) < 4.78 is 13.5. The molecule has 1 heterocycles. The average molecular weight is 619 g/mol. The number of carboxylic acids is 1. The molecule has 1 unspecified atom stereocenters. The summed E-state index contributed by atoms with van der Waals surface area (Å²) in [6.45, 7) is 8.43. The Hall–Kier alpha value is -4.11. The SMILES string of the molecule is [B]OC(=O)C(C[C@H](NC(=O)c1ccc(C)c(C)c1Cl)C(=O)O[B])O/N=C(\C(=O)O)c1csc(NC(=O)OC(C)(C)C)n1. The number of ether oxygens (including phenoxy) is 1. The number of thiazole rings is 1. The summed E-state index contributed by atoms with van der Waals surface area (Å²) in [5.41, 5.74) is -0.391. The van der Waals surface area contributed by atoms with Gasteiger partial charge in [0, 0.05) is 11.8 Å². The number of oxime groups is 1. The molecule has 1 aromatic heterocycles. The molecule has 4 radical (unpaired) electrons. The van der Waals surface area contributed by atoms with Gasteiger partial charge in [0.25, 0.3) is 5.91 Å². The molecular weight excluding hydrogens is 593 g/mol. The van der Waals surface area contributed by atoms with Gasteiger partial charge >= 0.3 is 40.1 Å². The first-order valence-corrected chi connectivity index (χ1v) is 13.1. The van der Waals surface area contributed by atoms with Crippen molar-refractivity contribution in [2.75, 3.05) is 5.32 Å². The molecule has 14 nitrogen and oxygen atoms in total. The van der Waals surface area contributed by atoms with Crippen LogP contribution in [-0.4, -0.2) is 79.6 Å². The fourth-order valence-corrected chi connectivity index (χ4v) is 4.08. The van der Waals surface area contributed by atoms with Crippen LogP contribution >= 0.6 is 22.9 Å². The first-order chi connectivity index (χ1) is 19.6. The van der Waals surface area contributed by atoms with Crippen molar-refractivity contribution >= 4 is 79.8 Å². The highest BCUT2D eigenvalue weighted by atomic mass is 35.5. The Morgan fingerprint density at radius 2 is 1.76 bits per heavy atom. The molecular formula is C24H25B2ClN4O10S. The summed E-state index contributed by atoms with van der Waals surface area (Å²) in [5.74, 6) is -4.93. The predicted octanol–water partition coefficient (Wildman–Crippen LogP) is 2.38. The number of carbonyl (C=O) groups excluding carboxylic acids is 4. The standard InChI is InChI=1S/C24H25B2ClN4O10S/c1-10-6-7-12(16(27)11(10)2)18(32)28-13(20(35)39-25)8-15(21(36)40-26)41-31-17(19(33)34)14-9-42-22(29-14)30-23(37)38-24(3,4)5/h6-7,9,13,15H,8H2,1-5H3,(H,28,32)(H,33,34)(H,29,30,37)/b31-17-/t13-,15?/m0/s1. The minimum atomic E-state index is -1.85. The molecule has 3 N–H and O–H groups in total. The largest absolute Gasteiger partial charge is 0.542 e. The Morgan fingerprint density at radius 3 is 2.33 bits per heavy atom. The predicted molar refractivity (Wildman–Crippen MR) is 152 cm³/mol. The highest BCUT2D eigenvalue weighted by Gasteiger charge is 2.33. The van der Waals surface area contributed by atoms with Crippen molar-refractivity contribution in [1.82, 2.24) is 10.3 Å². The lowest BCUT2D eigenvalue weighted by atomic mass is 10.0. The Labute approximate surface area is 252 Å². The highest BCUT2D eigenvalue weighted by Crippen LogP contribution is 2.24. The second kappa shape index (κ2) is 14.7. The third-order valence-electron chi connectivity index (χ3n) is 5.27. The summed E-state index contributed by atoms with van der Waals surface area (Å²) in [7, 11) is 9.96. The Morgan fingerprint density at radius 1 is 1.12 bits per heavy atom. The van der Waals surface area contributed by atoms with Gasteiger partial charge in [-0.3, -0.25) is 14.9 Å². The van der Waals surface area contributed by atoms with Gasteiger partial charge in [0.2, 0.25) is 11.8 Å². The van der Waals surface area contributed by atoms with E-state index in [0.29, 0.717) is 5.56 Å². The molecule has 0 saturated carbocycles.